The highest BCUT2D eigenvalue weighted by atomic mass is 79.9. The predicted molar refractivity (Wildman–Crippen MR) is 83.2 cm³/mol. The average Bonchev–Trinajstić information content (AvgIpc) is 2.35. The van der Waals surface area contributed by atoms with E-state index in [0.29, 0.717) is 5.96 Å². The van der Waals surface area contributed by atoms with Gasteiger partial charge in [0, 0.05) is 14.6 Å². The van der Waals surface area contributed by atoms with Gasteiger partial charge in [-0.25, -0.2) is 4.99 Å². The zero-order chi connectivity index (χ0) is 13.0. The van der Waals surface area contributed by atoms with E-state index < -0.39 is 0 Å². The third-order valence-corrected chi connectivity index (χ3v) is 3.25. The van der Waals surface area contributed by atoms with Crippen LogP contribution < -0.4 is 11.1 Å². The molecule has 0 heterocycles. The van der Waals surface area contributed by atoms with E-state index in [1.54, 1.807) is 0 Å². The zero-order valence-electron chi connectivity index (χ0n) is 9.40. The Kier molecular flexibility index (Phi) is 4.38. The summed E-state index contributed by atoms with van der Waals surface area (Å²) in [5, 5.41) is 3.03. The molecule has 0 fully saturated rings. The van der Waals surface area contributed by atoms with Crippen LogP contribution in [0.2, 0.25) is 0 Å². The van der Waals surface area contributed by atoms with Gasteiger partial charge < -0.3 is 11.1 Å². The smallest absolute Gasteiger partial charge is 0.198 e. The second kappa shape index (κ2) is 6.02. The van der Waals surface area contributed by atoms with Crippen molar-refractivity contribution in [1.29, 1.82) is 0 Å². The number of nitrogens with two attached hydrogens (primary N) is 1. The standard InChI is InChI=1S/C13H11Br2N3/c14-9-1-5-11(6-2-9)17-13(16)18-12-7-3-10(15)4-8-12/h1-8H,(H3,16,17,18). The summed E-state index contributed by atoms with van der Waals surface area (Å²) in [6.07, 6.45) is 0. The number of anilines is 1. The minimum atomic E-state index is 0.361. The molecule has 0 saturated carbocycles. The summed E-state index contributed by atoms with van der Waals surface area (Å²) in [6.45, 7) is 0. The SMILES string of the molecule is NC(=Nc1ccc(Br)cc1)Nc1ccc(Br)cc1. The summed E-state index contributed by atoms with van der Waals surface area (Å²) < 4.78 is 2.04. The van der Waals surface area contributed by atoms with Crippen molar-refractivity contribution in [2.24, 2.45) is 10.7 Å². The van der Waals surface area contributed by atoms with Crippen molar-refractivity contribution in [3.8, 4) is 0 Å². The van der Waals surface area contributed by atoms with Crippen LogP contribution in [0.5, 0.6) is 0 Å². The molecule has 2 aromatic carbocycles. The molecular formula is C13H11Br2N3. The summed E-state index contributed by atoms with van der Waals surface area (Å²) in [5.74, 6) is 0.361. The van der Waals surface area contributed by atoms with Crippen molar-refractivity contribution in [3.63, 3.8) is 0 Å². The van der Waals surface area contributed by atoms with E-state index in [-0.39, 0.29) is 0 Å². The van der Waals surface area contributed by atoms with Crippen LogP contribution in [0.25, 0.3) is 0 Å². The molecule has 0 unspecified atom stereocenters. The largest absolute Gasteiger partial charge is 0.369 e. The lowest BCUT2D eigenvalue weighted by Crippen LogP contribution is -2.21. The summed E-state index contributed by atoms with van der Waals surface area (Å²) in [4.78, 5) is 4.27. The molecule has 0 saturated heterocycles. The maximum atomic E-state index is 5.83. The number of nitrogens with zero attached hydrogens (tertiary/aromatic N) is 1. The lowest BCUT2D eigenvalue weighted by atomic mass is 10.3. The number of rotatable bonds is 2. The normalized spacial score (nSPS) is 11.3. The van der Waals surface area contributed by atoms with Crippen molar-refractivity contribution in [2.75, 3.05) is 5.32 Å². The topological polar surface area (TPSA) is 50.4 Å². The van der Waals surface area contributed by atoms with E-state index in [0.717, 1.165) is 20.3 Å². The Bertz CT molecular complexity index is 547. The molecule has 0 aliphatic heterocycles. The van der Waals surface area contributed by atoms with Gasteiger partial charge in [0.2, 0.25) is 0 Å². The van der Waals surface area contributed by atoms with Gasteiger partial charge in [0.25, 0.3) is 0 Å². The average molecular weight is 369 g/mol. The van der Waals surface area contributed by atoms with Crippen molar-refractivity contribution >= 4 is 49.2 Å². The first kappa shape index (κ1) is 13.1. The first-order valence-electron chi connectivity index (χ1n) is 5.26. The summed E-state index contributed by atoms with van der Waals surface area (Å²) >= 11 is 6.75. The highest BCUT2D eigenvalue weighted by molar-refractivity contribution is 9.10. The fourth-order valence-corrected chi connectivity index (χ4v) is 1.89. The summed E-state index contributed by atoms with van der Waals surface area (Å²) in [6, 6.07) is 15.4. The van der Waals surface area contributed by atoms with Gasteiger partial charge in [-0.3, -0.25) is 0 Å². The molecule has 18 heavy (non-hydrogen) atoms. The van der Waals surface area contributed by atoms with E-state index in [1.165, 1.54) is 0 Å². The molecule has 0 aliphatic carbocycles. The highest BCUT2D eigenvalue weighted by Crippen LogP contribution is 2.17. The van der Waals surface area contributed by atoms with Crippen LogP contribution >= 0.6 is 31.9 Å². The molecule has 2 aromatic rings. The van der Waals surface area contributed by atoms with Gasteiger partial charge in [-0.15, -0.1) is 0 Å². The number of nitrogens with one attached hydrogen (secondary N) is 1. The molecule has 0 amide bonds. The molecule has 0 spiro atoms. The number of halogens is 2. The van der Waals surface area contributed by atoms with Crippen molar-refractivity contribution in [2.45, 2.75) is 0 Å². The number of guanidine groups is 1. The Balaban J connectivity index is 2.09. The minimum absolute atomic E-state index is 0.361. The maximum Gasteiger partial charge on any atom is 0.198 e. The van der Waals surface area contributed by atoms with Gasteiger partial charge in [-0.1, -0.05) is 31.9 Å². The number of hydrogen-bond acceptors (Lipinski definition) is 1. The van der Waals surface area contributed by atoms with E-state index in [2.05, 4.69) is 42.2 Å². The minimum Gasteiger partial charge on any atom is -0.369 e. The third kappa shape index (κ3) is 3.85. The molecular weight excluding hydrogens is 358 g/mol. The van der Waals surface area contributed by atoms with Gasteiger partial charge in [-0.05, 0) is 48.5 Å². The summed E-state index contributed by atoms with van der Waals surface area (Å²) in [5.41, 5.74) is 7.53. The van der Waals surface area contributed by atoms with Crippen LogP contribution in [0.1, 0.15) is 0 Å². The molecule has 0 radical (unpaired) electrons. The lowest BCUT2D eigenvalue weighted by molar-refractivity contribution is 1.43. The predicted octanol–water partition coefficient (Wildman–Crippen LogP) is 4.27. The fourth-order valence-electron chi connectivity index (χ4n) is 1.36. The van der Waals surface area contributed by atoms with E-state index in [1.807, 2.05) is 48.5 Å². The maximum absolute atomic E-state index is 5.83. The highest BCUT2D eigenvalue weighted by Gasteiger charge is 1.96. The quantitative estimate of drug-likeness (QED) is 0.614. The Hall–Kier alpha value is -1.33. The van der Waals surface area contributed by atoms with Gasteiger partial charge in [0.1, 0.15) is 0 Å². The van der Waals surface area contributed by atoms with E-state index in [9.17, 15) is 0 Å². The molecule has 2 rings (SSSR count). The van der Waals surface area contributed by atoms with Crippen LogP contribution in [0.4, 0.5) is 11.4 Å². The first-order chi connectivity index (χ1) is 8.63. The van der Waals surface area contributed by atoms with Crippen molar-refractivity contribution in [1.82, 2.24) is 0 Å². The summed E-state index contributed by atoms with van der Waals surface area (Å²) in [7, 11) is 0. The molecule has 0 atom stereocenters. The van der Waals surface area contributed by atoms with Crippen molar-refractivity contribution in [3.05, 3.63) is 57.5 Å². The molecule has 3 N–H and O–H groups in total. The second-order valence-electron chi connectivity index (χ2n) is 3.61. The lowest BCUT2D eigenvalue weighted by Gasteiger charge is -2.05. The molecule has 0 aliphatic rings. The third-order valence-electron chi connectivity index (χ3n) is 2.19. The monoisotopic (exact) mass is 367 g/mol. The van der Waals surface area contributed by atoms with Gasteiger partial charge in [0.15, 0.2) is 5.96 Å². The number of aliphatic imine (C=N–C) groups is 1. The molecule has 0 aromatic heterocycles. The number of benzene rings is 2. The first-order valence-corrected chi connectivity index (χ1v) is 6.84. The molecule has 3 nitrogen and oxygen atoms in total. The van der Waals surface area contributed by atoms with E-state index in [4.69, 9.17) is 5.73 Å². The zero-order valence-corrected chi connectivity index (χ0v) is 12.6. The molecule has 92 valence electrons. The van der Waals surface area contributed by atoms with Crippen LogP contribution in [0.15, 0.2) is 62.5 Å². The molecule has 5 heteroatoms. The molecule has 0 bridgehead atoms. The Morgan fingerprint density at radius 1 is 0.889 bits per heavy atom. The Labute approximate surface area is 122 Å². The fraction of sp³-hybridized carbons (Fsp3) is 0. The van der Waals surface area contributed by atoms with Gasteiger partial charge >= 0.3 is 0 Å². The Morgan fingerprint density at radius 3 is 1.94 bits per heavy atom. The van der Waals surface area contributed by atoms with Crippen LogP contribution in [-0.2, 0) is 0 Å². The van der Waals surface area contributed by atoms with Crippen LogP contribution in [0, 0.1) is 0 Å². The second-order valence-corrected chi connectivity index (χ2v) is 5.44. The van der Waals surface area contributed by atoms with E-state index >= 15 is 0 Å². The Morgan fingerprint density at radius 2 is 1.39 bits per heavy atom. The van der Waals surface area contributed by atoms with Gasteiger partial charge in [0.05, 0.1) is 5.69 Å². The number of hydrogen-bond donors (Lipinski definition) is 2. The van der Waals surface area contributed by atoms with Gasteiger partial charge in [-0.2, -0.15) is 0 Å². The van der Waals surface area contributed by atoms with Crippen LogP contribution in [-0.4, -0.2) is 5.96 Å². The van der Waals surface area contributed by atoms with Crippen molar-refractivity contribution < 1.29 is 0 Å². The van der Waals surface area contributed by atoms with Crippen LogP contribution in [0.3, 0.4) is 0 Å².